The third-order valence-electron chi connectivity index (χ3n) is 12.1. The Morgan fingerprint density at radius 2 is 0.767 bits per heavy atom. The number of nitrogens with zero attached hydrogens (tertiary/aromatic N) is 3. The van der Waals surface area contributed by atoms with Gasteiger partial charge >= 0.3 is 0 Å². The van der Waals surface area contributed by atoms with Crippen LogP contribution in [0.4, 0.5) is 0 Å². The monoisotopic (exact) mass is 765 g/mol. The lowest BCUT2D eigenvalue weighted by Crippen LogP contribution is -2.01. The van der Waals surface area contributed by atoms with Crippen molar-refractivity contribution in [3.05, 3.63) is 188 Å². The van der Waals surface area contributed by atoms with Gasteiger partial charge in [0.15, 0.2) is 17.5 Å². The molecule has 0 radical (unpaired) electrons. The fraction of sp³-hybridized carbons (Fsp3) is 0. The number of furan rings is 2. The predicted molar refractivity (Wildman–Crippen MR) is 246 cm³/mol. The number of rotatable bonds is 4. The third kappa shape index (κ3) is 4.90. The Labute approximate surface area is 342 Å². The number of fused-ring (bicyclic) bond motifs is 12. The normalized spacial score (nSPS) is 12.0. The lowest BCUT2D eigenvalue weighted by atomic mass is 9.95. The molecule has 0 aliphatic rings. The molecule has 3 heterocycles. The molecule has 278 valence electrons. The zero-order valence-electron chi connectivity index (χ0n) is 32.1. The van der Waals surface area contributed by atoms with Crippen molar-refractivity contribution in [3.63, 3.8) is 0 Å². The zero-order chi connectivity index (χ0) is 39.3. The highest BCUT2D eigenvalue weighted by atomic mass is 16.3. The highest BCUT2D eigenvalue weighted by Gasteiger charge is 2.21. The van der Waals surface area contributed by atoms with Crippen molar-refractivity contribution in [2.24, 2.45) is 0 Å². The summed E-state index contributed by atoms with van der Waals surface area (Å²) in [7, 11) is 0. The average molecular weight is 766 g/mol. The van der Waals surface area contributed by atoms with E-state index >= 15 is 0 Å². The van der Waals surface area contributed by atoms with Crippen molar-refractivity contribution in [3.8, 4) is 45.3 Å². The van der Waals surface area contributed by atoms with Gasteiger partial charge in [-0.1, -0.05) is 152 Å². The van der Waals surface area contributed by atoms with Crippen LogP contribution in [0.25, 0.3) is 132 Å². The van der Waals surface area contributed by atoms with Crippen LogP contribution in [0.1, 0.15) is 0 Å². The first kappa shape index (κ1) is 32.9. The first-order valence-corrected chi connectivity index (χ1v) is 20.2. The van der Waals surface area contributed by atoms with Crippen LogP contribution in [0, 0.1) is 0 Å². The van der Waals surface area contributed by atoms with Gasteiger partial charge in [-0.25, -0.2) is 15.0 Å². The number of benzene rings is 10. The summed E-state index contributed by atoms with van der Waals surface area (Å²) in [5, 5.41) is 13.2. The molecule has 0 aliphatic carbocycles. The van der Waals surface area contributed by atoms with Crippen molar-refractivity contribution in [1.82, 2.24) is 15.0 Å². The molecule has 0 aliphatic heterocycles. The zero-order valence-corrected chi connectivity index (χ0v) is 32.1. The summed E-state index contributed by atoms with van der Waals surface area (Å²) in [5.41, 5.74) is 8.41. The molecule has 0 spiro atoms. The van der Waals surface area contributed by atoms with Gasteiger partial charge in [0.1, 0.15) is 22.3 Å². The van der Waals surface area contributed by atoms with Gasteiger partial charge in [-0.3, -0.25) is 0 Å². The quantitative estimate of drug-likeness (QED) is 0.167. The Bertz CT molecular complexity index is 3910. The molecule has 0 N–H and O–H groups in total. The van der Waals surface area contributed by atoms with E-state index in [9.17, 15) is 0 Å². The summed E-state index contributed by atoms with van der Waals surface area (Å²) in [4.78, 5) is 16.1. The van der Waals surface area contributed by atoms with Crippen molar-refractivity contribution < 1.29 is 8.83 Å². The Balaban J connectivity index is 1.07. The van der Waals surface area contributed by atoms with E-state index in [1.165, 1.54) is 5.39 Å². The molecule has 0 fully saturated rings. The van der Waals surface area contributed by atoms with Crippen LogP contribution in [0.2, 0.25) is 0 Å². The number of hydrogen-bond acceptors (Lipinski definition) is 5. The molecule has 13 rings (SSSR count). The molecule has 5 heteroatoms. The van der Waals surface area contributed by atoms with Crippen LogP contribution in [-0.4, -0.2) is 15.0 Å². The van der Waals surface area contributed by atoms with E-state index in [-0.39, 0.29) is 0 Å². The van der Waals surface area contributed by atoms with Crippen molar-refractivity contribution >= 4 is 87.0 Å². The van der Waals surface area contributed by atoms with E-state index in [0.717, 1.165) is 109 Å². The summed E-state index contributed by atoms with van der Waals surface area (Å²) < 4.78 is 12.8. The van der Waals surface area contributed by atoms with Crippen LogP contribution in [0.5, 0.6) is 0 Å². The van der Waals surface area contributed by atoms with E-state index in [1.54, 1.807) is 0 Å². The van der Waals surface area contributed by atoms with Crippen LogP contribution in [-0.2, 0) is 0 Å². The van der Waals surface area contributed by atoms with E-state index < -0.39 is 0 Å². The molecule has 0 unspecified atom stereocenters. The van der Waals surface area contributed by atoms with Gasteiger partial charge in [-0.05, 0) is 90.6 Å². The SMILES string of the molecule is c1cc(-c2nc(-c3cc4ccccc4c4ccccc34)nc(-c3cc4oc5ccccc5c4c4ccccc34)n2)c2ccc(-c3cccc4oc5ccccc5c34)cc2c1. The molecule has 10 aromatic carbocycles. The van der Waals surface area contributed by atoms with E-state index in [0.29, 0.717) is 17.5 Å². The minimum Gasteiger partial charge on any atom is -0.456 e. The maximum atomic E-state index is 6.53. The lowest BCUT2D eigenvalue weighted by Gasteiger charge is -2.14. The minimum atomic E-state index is 0.581. The van der Waals surface area contributed by atoms with Gasteiger partial charge < -0.3 is 8.83 Å². The van der Waals surface area contributed by atoms with Crippen LogP contribution < -0.4 is 0 Å². The molecule has 0 saturated heterocycles. The Morgan fingerprint density at radius 1 is 0.267 bits per heavy atom. The first-order valence-electron chi connectivity index (χ1n) is 20.2. The fourth-order valence-electron chi connectivity index (χ4n) is 9.41. The Kier molecular flexibility index (Phi) is 6.95. The second-order valence-electron chi connectivity index (χ2n) is 15.5. The van der Waals surface area contributed by atoms with Crippen LogP contribution in [0.15, 0.2) is 197 Å². The first-order chi connectivity index (χ1) is 29.7. The maximum absolute atomic E-state index is 6.53. The highest BCUT2D eigenvalue weighted by Crippen LogP contribution is 2.42. The van der Waals surface area contributed by atoms with Crippen molar-refractivity contribution in [2.45, 2.75) is 0 Å². The fourth-order valence-corrected chi connectivity index (χ4v) is 9.41. The van der Waals surface area contributed by atoms with E-state index in [4.69, 9.17) is 23.8 Å². The molecule has 0 saturated carbocycles. The van der Waals surface area contributed by atoms with Gasteiger partial charge in [-0.2, -0.15) is 0 Å². The molecule has 13 aromatic rings. The molecule has 60 heavy (non-hydrogen) atoms. The molecule has 0 atom stereocenters. The molecular formula is C55H31N3O2. The predicted octanol–water partition coefficient (Wildman–Crippen LogP) is 15.0. The standard InChI is InChI=1S/C55H31N3O2/c1-2-15-35-33(13-1)30-45(39-17-4-3-16-38(35)39)54-56-53(57-55(58-54)46-31-50-52(41-19-6-5-18-40(41)46)44-21-8-10-25-48(44)60-50)42-23-11-14-32-29-34(27-28-36(32)42)37-22-12-26-49-51(37)43-20-7-9-24-47(43)59-49/h1-31H. The Morgan fingerprint density at radius 3 is 1.53 bits per heavy atom. The molecule has 0 amide bonds. The van der Waals surface area contributed by atoms with Gasteiger partial charge in [0.25, 0.3) is 0 Å². The number of para-hydroxylation sites is 2. The Hall–Kier alpha value is -8.15. The lowest BCUT2D eigenvalue weighted by molar-refractivity contribution is 0.668. The largest absolute Gasteiger partial charge is 0.456 e. The van der Waals surface area contributed by atoms with Crippen molar-refractivity contribution in [1.29, 1.82) is 0 Å². The molecule has 0 bridgehead atoms. The number of hydrogen-bond donors (Lipinski definition) is 0. The van der Waals surface area contributed by atoms with Crippen LogP contribution in [0.3, 0.4) is 0 Å². The summed E-state index contributed by atoms with van der Waals surface area (Å²) >= 11 is 0. The second-order valence-corrected chi connectivity index (χ2v) is 15.5. The maximum Gasteiger partial charge on any atom is 0.164 e. The van der Waals surface area contributed by atoms with Gasteiger partial charge in [0, 0.05) is 38.2 Å². The smallest absolute Gasteiger partial charge is 0.164 e. The molecular weight excluding hydrogens is 735 g/mol. The van der Waals surface area contributed by atoms with E-state index in [1.807, 2.05) is 30.3 Å². The summed E-state index contributed by atoms with van der Waals surface area (Å²) in [5.74, 6) is 1.79. The average Bonchev–Trinajstić information content (AvgIpc) is 3.89. The summed E-state index contributed by atoms with van der Waals surface area (Å²) in [6, 6.07) is 65.7. The van der Waals surface area contributed by atoms with Gasteiger partial charge in [0.2, 0.25) is 0 Å². The van der Waals surface area contributed by atoms with Crippen molar-refractivity contribution in [2.75, 3.05) is 0 Å². The molecule has 3 aromatic heterocycles. The van der Waals surface area contributed by atoms with Gasteiger partial charge in [0.05, 0.1) is 0 Å². The third-order valence-corrected chi connectivity index (χ3v) is 12.1. The van der Waals surface area contributed by atoms with Crippen LogP contribution >= 0.6 is 0 Å². The summed E-state index contributed by atoms with van der Waals surface area (Å²) in [6.45, 7) is 0. The second kappa shape index (κ2) is 12.7. The summed E-state index contributed by atoms with van der Waals surface area (Å²) in [6.07, 6.45) is 0. The topological polar surface area (TPSA) is 65.0 Å². The van der Waals surface area contributed by atoms with E-state index in [2.05, 4.69) is 158 Å². The highest BCUT2D eigenvalue weighted by molar-refractivity contribution is 6.22. The van der Waals surface area contributed by atoms with Gasteiger partial charge in [-0.15, -0.1) is 0 Å². The number of aromatic nitrogens is 3. The molecule has 5 nitrogen and oxygen atoms in total. The minimum absolute atomic E-state index is 0.581.